The number of hydrogen-bond donors (Lipinski definition) is 1. The summed E-state index contributed by atoms with van der Waals surface area (Å²) in [5.41, 5.74) is 1.54. The van der Waals surface area contributed by atoms with E-state index in [9.17, 15) is 13.6 Å². The maximum absolute atomic E-state index is 13.2. The highest BCUT2D eigenvalue weighted by Crippen LogP contribution is 2.27. The molecule has 1 aliphatic heterocycles. The SMILES string of the molecule is O=C(CSc1nccnc1N1CCN(c2ccc(F)cc2)CC1)Nc1ccc(F)cc1. The topological polar surface area (TPSA) is 61.4 Å². The normalized spacial score (nSPS) is 13.9. The number of carbonyl (C=O) groups excluding carboxylic acids is 1. The Kier molecular flexibility index (Phi) is 6.61. The van der Waals surface area contributed by atoms with Crippen molar-refractivity contribution in [2.24, 2.45) is 0 Å². The van der Waals surface area contributed by atoms with Crippen LogP contribution in [0.3, 0.4) is 0 Å². The van der Waals surface area contributed by atoms with Gasteiger partial charge in [0.25, 0.3) is 0 Å². The van der Waals surface area contributed by atoms with Gasteiger partial charge in [0.2, 0.25) is 5.91 Å². The molecule has 0 atom stereocenters. The van der Waals surface area contributed by atoms with Crippen molar-refractivity contribution >= 4 is 34.9 Å². The number of rotatable bonds is 6. The van der Waals surface area contributed by atoms with Crippen molar-refractivity contribution in [1.29, 1.82) is 0 Å². The van der Waals surface area contributed by atoms with Crippen LogP contribution in [0.2, 0.25) is 0 Å². The van der Waals surface area contributed by atoms with Crippen molar-refractivity contribution < 1.29 is 13.6 Å². The molecule has 6 nitrogen and oxygen atoms in total. The number of benzene rings is 2. The van der Waals surface area contributed by atoms with Crippen LogP contribution in [0.25, 0.3) is 0 Å². The Bertz CT molecular complexity index is 1020. The van der Waals surface area contributed by atoms with Gasteiger partial charge in [-0.05, 0) is 48.5 Å². The molecule has 1 aromatic heterocycles. The number of amides is 1. The maximum Gasteiger partial charge on any atom is 0.234 e. The standard InChI is InChI=1S/C22H21F2N5OS/c23-16-1-5-18(6-2-16)27-20(30)15-31-22-21(25-9-10-26-22)29-13-11-28(12-14-29)19-7-3-17(24)4-8-19/h1-10H,11-15H2,(H,27,30). The summed E-state index contributed by atoms with van der Waals surface area (Å²) in [5, 5.41) is 3.43. The first kappa shape index (κ1) is 21.0. The quantitative estimate of drug-likeness (QED) is 0.587. The summed E-state index contributed by atoms with van der Waals surface area (Å²) < 4.78 is 26.2. The lowest BCUT2D eigenvalue weighted by Crippen LogP contribution is -2.47. The molecule has 2 heterocycles. The minimum Gasteiger partial charge on any atom is -0.368 e. The average molecular weight is 442 g/mol. The largest absolute Gasteiger partial charge is 0.368 e. The van der Waals surface area contributed by atoms with Crippen LogP contribution in [0.1, 0.15) is 0 Å². The lowest BCUT2D eigenvalue weighted by Gasteiger charge is -2.37. The van der Waals surface area contributed by atoms with Gasteiger partial charge in [-0.15, -0.1) is 0 Å². The van der Waals surface area contributed by atoms with Gasteiger partial charge in [0, 0.05) is 49.9 Å². The van der Waals surface area contributed by atoms with Crippen LogP contribution >= 0.6 is 11.8 Å². The van der Waals surface area contributed by atoms with E-state index in [4.69, 9.17) is 0 Å². The molecule has 1 amide bonds. The minimum absolute atomic E-state index is 0.165. The Hall–Kier alpha value is -3.20. The molecule has 1 fully saturated rings. The van der Waals surface area contributed by atoms with Crippen molar-refractivity contribution in [2.75, 3.05) is 47.0 Å². The van der Waals surface area contributed by atoms with E-state index in [-0.39, 0.29) is 23.3 Å². The lowest BCUT2D eigenvalue weighted by molar-refractivity contribution is -0.113. The van der Waals surface area contributed by atoms with Gasteiger partial charge >= 0.3 is 0 Å². The van der Waals surface area contributed by atoms with Crippen molar-refractivity contribution in [2.45, 2.75) is 5.03 Å². The maximum atomic E-state index is 13.2. The molecule has 0 bridgehead atoms. The van der Waals surface area contributed by atoms with Gasteiger partial charge in [-0.25, -0.2) is 18.7 Å². The summed E-state index contributed by atoms with van der Waals surface area (Å²) in [6, 6.07) is 12.2. The number of nitrogens with zero attached hydrogens (tertiary/aromatic N) is 4. The fourth-order valence-electron chi connectivity index (χ4n) is 3.33. The number of halogens is 2. The van der Waals surface area contributed by atoms with Gasteiger partial charge in [-0.2, -0.15) is 0 Å². The van der Waals surface area contributed by atoms with Crippen LogP contribution in [0.4, 0.5) is 26.0 Å². The van der Waals surface area contributed by atoms with E-state index < -0.39 is 0 Å². The van der Waals surface area contributed by atoms with Gasteiger partial charge in [0.1, 0.15) is 16.7 Å². The van der Waals surface area contributed by atoms with Crippen molar-refractivity contribution in [3.63, 3.8) is 0 Å². The molecule has 1 N–H and O–H groups in total. The number of aromatic nitrogens is 2. The molecule has 0 unspecified atom stereocenters. The van der Waals surface area contributed by atoms with Crippen molar-refractivity contribution in [3.8, 4) is 0 Å². The summed E-state index contributed by atoms with van der Waals surface area (Å²) in [6.07, 6.45) is 3.25. The molecule has 9 heteroatoms. The van der Waals surface area contributed by atoms with Gasteiger partial charge in [-0.3, -0.25) is 4.79 Å². The summed E-state index contributed by atoms with van der Waals surface area (Å²) in [6.45, 7) is 3.03. The first-order valence-electron chi connectivity index (χ1n) is 9.83. The van der Waals surface area contributed by atoms with E-state index in [0.29, 0.717) is 10.7 Å². The molecule has 1 aliphatic rings. The van der Waals surface area contributed by atoms with E-state index >= 15 is 0 Å². The highest BCUT2D eigenvalue weighted by atomic mass is 32.2. The first-order valence-corrected chi connectivity index (χ1v) is 10.8. The summed E-state index contributed by atoms with van der Waals surface area (Å²) in [4.78, 5) is 25.5. The Balaban J connectivity index is 1.34. The Labute approximate surface area is 183 Å². The molecule has 1 saturated heterocycles. The molecule has 160 valence electrons. The molecule has 0 spiro atoms. The summed E-state index contributed by atoms with van der Waals surface area (Å²) in [7, 11) is 0. The number of nitrogens with one attached hydrogen (secondary N) is 1. The predicted molar refractivity (Wildman–Crippen MR) is 119 cm³/mol. The van der Waals surface area contributed by atoms with Gasteiger partial charge in [0.05, 0.1) is 5.75 Å². The van der Waals surface area contributed by atoms with Crippen LogP contribution in [0, 0.1) is 11.6 Å². The van der Waals surface area contributed by atoms with Gasteiger partial charge in [-0.1, -0.05) is 11.8 Å². The third kappa shape index (κ3) is 5.49. The smallest absolute Gasteiger partial charge is 0.234 e. The van der Waals surface area contributed by atoms with E-state index in [0.717, 1.165) is 37.7 Å². The molecule has 31 heavy (non-hydrogen) atoms. The third-order valence-electron chi connectivity index (χ3n) is 4.89. The monoisotopic (exact) mass is 441 g/mol. The van der Waals surface area contributed by atoms with Crippen molar-refractivity contribution in [3.05, 3.63) is 72.6 Å². The molecule has 3 aromatic rings. The zero-order valence-corrected chi connectivity index (χ0v) is 17.5. The van der Waals surface area contributed by atoms with Gasteiger partial charge in [0.15, 0.2) is 5.82 Å². The number of piperazine rings is 1. The second kappa shape index (κ2) is 9.74. The Morgan fingerprint density at radius 2 is 1.45 bits per heavy atom. The molecule has 0 radical (unpaired) electrons. The van der Waals surface area contributed by atoms with Gasteiger partial charge < -0.3 is 15.1 Å². The van der Waals surface area contributed by atoms with Crippen LogP contribution in [-0.2, 0) is 4.79 Å². The van der Waals surface area contributed by atoms with E-state index in [1.807, 2.05) is 0 Å². The van der Waals surface area contributed by atoms with Crippen LogP contribution in [0.15, 0.2) is 66.0 Å². The number of anilines is 3. The second-order valence-corrected chi connectivity index (χ2v) is 7.94. The predicted octanol–water partition coefficient (Wildman–Crippen LogP) is 3.81. The average Bonchev–Trinajstić information content (AvgIpc) is 2.80. The highest BCUT2D eigenvalue weighted by molar-refractivity contribution is 8.00. The third-order valence-corrected chi connectivity index (χ3v) is 5.85. The van der Waals surface area contributed by atoms with E-state index in [2.05, 4.69) is 25.1 Å². The fraction of sp³-hybridized carbons (Fsp3) is 0.227. The Morgan fingerprint density at radius 3 is 2.13 bits per heavy atom. The second-order valence-electron chi connectivity index (χ2n) is 6.98. The first-order chi connectivity index (χ1) is 15.1. The number of thioether (sulfide) groups is 1. The molecule has 4 rings (SSSR count). The zero-order chi connectivity index (χ0) is 21.6. The fourth-order valence-corrected chi connectivity index (χ4v) is 4.12. The molecule has 2 aromatic carbocycles. The van der Waals surface area contributed by atoms with E-state index in [1.54, 1.807) is 24.5 Å². The van der Waals surface area contributed by atoms with Crippen LogP contribution in [0.5, 0.6) is 0 Å². The van der Waals surface area contributed by atoms with Crippen LogP contribution in [-0.4, -0.2) is 47.8 Å². The molecular weight excluding hydrogens is 420 g/mol. The molecular formula is C22H21F2N5OS. The van der Waals surface area contributed by atoms with Crippen LogP contribution < -0.4 is 15.1 Å². The number of hydrogen-bond acceptors (Lipinski definition) is 6. The molecule has 0 aliphatic carbocycles. The van der Waals surface area contributed by atoms with E-state index in [1.165, 1.54) is 48.2 Å². The zero-order valence-electron chi connectivity index (χ0n) is 16.7. The summed E-state index contributed by atoms with van der Waals surface area (Å²) in [5.74, 6) is 0.122. The number of carbonyl (C=O) groups is 1. The Morgan fingerprint density at radius 1 is 0.871 bits per heavy atom. The highest BCUT2D eigenvalue weighted by Gasteiger charge is 2.21. The lowest BCUT2D eigenvalue weighted by atomic mass is 10.2. The van der Waals surface area contributed by atoms with Crippen molar-refractivity contribution in [1.82, 2.24) is 9.97 Å². The molecule has 0 saturated carbocycles. The summed E-state index contributed by atoms with van der Waals surface area (Å²) >= 11 is 1.31. The minimum atomic E-state index is -0.351.